The standard InChI is InChI=1S/C37H21N3O/c1-3-11-22(12-4-1)35-38-36(23-13-5-2-6-14-23)40-37(39-35)28-19-10-20-31-33(28)30-21-29-25-16-8-7-15-24(25)26-17-9-18-27(32(26)29)34(30)41-31/h1-21H. The van der Waals surface area contributed by atoms with Crippen LogP contribution >= 0.6 is 0 Å². The van der Waals surface area contributed by atoms with E-state index in [1.165, 1.54) is 27.6 Å². The molecule has 0 spiro atoms. The Morgan fingerprint density at radius 3 is 1.66 bits per heavy atom. The molecule has 0 atom stereocenters. The van der Waals surface area contributed by atoms with Gasteiger partial charge in [-0.2, -0.15) is 0 Å². The highest BCUT2D eigenvalue weighted by Gasteiger charge is 2.25. The van der Waals surface area contributed by atoms with Gasteiger partial charge in [0.25, 0.3) is 0 Å². The van der Waals surface area contributed by atoms with Gasteiger partial charge in [-0.1, -0.05) is 115 Å². The number of aromatic nitrogens is 3. The zero-order chi connectivity index (χ0) is 26.9. The number of rotatable bonds is 3. The highest BCUT2D eigenvalue weighted by Crippen LogP contribution is 2.51. The summed E-state index contributed by atoms with van der Waals surface area (Å²) < 4.78 is 6.62. The first-order valence-corrected chi connectivity index (χ1v) is 13.7. The smallest absolute Gasteiger partial charge is 0.164 e. The number of hydrogen-bond acceptors (Lipinski definition) is 4. The van der Waals surface area contributed by atoms with E-state index in [1.54, 1.807) is 0 Å². The molecule has 0 bridgehead atoms. The molecule has 2 heterocycles. The lowest BCUT2D eigenvalue weighted by Crippen LogP contribution is -2.00. The Hall–Kier alpha value is -5.61. The normalized spacial score (nSPS) is 11.9. The van der Waals surface area contributed by atoms with Crippen molar-refractivity contribution in [2.45, 2.75) is 0 Å². The third kappa shape index (κ3) is 3.25. The molecular formula is C37H21N3O. The number of furan rings is 1. The first-order valence-electron chi connectivity index (χ1n) is 13.7. The fraction of sp³-hybridized carbons (Fsp3) is 0. The molecule has 190 valence electrons. The van der Waals surface area contributed by atoms with Gasteiger partial charge in [-0.25, -0.2) is 15.0 Å². The van der Waals surface area contributed by atoms with Gasteiger partial charge in [-0.05, 0) is 34.4 Å². The van der Waals surface area contributed by atoms with Crippen molar-refractivity contribution in [1.82, 2.24) is 15.0 Å². The van der Waals surface area contributed by atoms with E-state index in [2.05, 4.69) is 54.6 Å². The van der Waals surface area contributed by atoms with Crippen molar-refractivity contribution in [1.29, 1.82) is 0 Å². The van der Waals surface area contributed by atoms with Gasteiger partial charge in [0.05, 0.1) is 0 Å². The molecule has 8 aromatic rings. The van der Waals surface area contributed by atoms with E-state index in [-0.39, 0.29) is 0 Å². The van der Waals surface area contributed by atoms with Crippen molar-refractivity contribution in [3.63, 3.8) is 0 Å². The first kappa shape index (κ1) is 22.2. The Kier molecular flexibility index (Phi) is 4.58. The van der Waals surface area contributed by atoms with Gasteiger partial charge >= 0.3 is 0 Å². The first-order chi connectivity index (χ1) is 20.3. The van der Waals surface area contributed by atoms with Crippen LogP contribution in [0.2, 0.25) is 0 Å². The molecule has 6 aromatic carbocycles. The molecule has 4 heteroatoms. The molecule has 41 heavy (non-hydrogen) atoms. The number of benzene rings is 6. The van der Waals surface area contributed by atoms with Crippen molar-refractivity contribution in [3.05, 3.63) is 127 Å². The topological polar surface area (TPSA) is 51.8 Å². The Morgan fingerprint density at radius 2 is 0.951 bits per heavy atom. The van der Waals surface area contributed by atoms with Gasteiger partial charge in [0, 0.05) is 38.2 Å². The van der Waals surface area contributed by atoms with E-state index in [4.69, 9.17) is 19.4 Å². The summed E-state index contributed by atoms with van der Waals surface area (Å²) in [6.45, 7) is 0. The molecule has 1 aliphatic carbocycles. The Labute approximate surface area is 235 Å². The highest BCUT2D eigenvalue weighted by atomic mass is 16.3. The molecule has 4 nitrogen and oxygen atoms in total. The average molecular weight is 524 g/mol. The Bertz CT molecular complexity index is 2250. The molecule has 0 fully saturated rings. The predicted molar refractivity (Wildman–Crippen MR) is 165 cm³/mol. The SMILES string of the molecule is c1ccc(-c2nc(-c3ccccc3)nc(-c3cccc4oc5c6cccc7c6c(cc5c34)-c3ccccc3-7)n2)cc1. The van der Waals surface area contributed by atoms with Crippen LogP contribution in [-0.2, 0) is 0 Å². The quantitative estimate of drug-likeness (QED) is 0.231. The van der Waals surface area contributed by atoms with Crippen molar-refractivity contribution >= 4 is 32.7 Å². The second-order valence-corrected chi connectivity index (χ2v) is 10.4. The molecule has 0 saturated heterocycles. The molecule has 0 amide bonds. The molecule has 0 aliphatic heterocycles. The maximum atomic E-state index is 6.62. The van der Waals surface area contributed by atoms with E-state index in [0.29, 0.717) is 17.5 Å². The summed E-state index contributed by atoms with van der Waals surface area (Å²) in [6, 6.07) is 43.7. The minimum atomic E-state index is 0.622. The van der Waals surface area contributed by atoms with Gasteiger partial charge < -0.3 is 4.42 Å². The molecule has 1 aliphatic rings. The Morgan fingerprint density at radius 1 is 0.390 bits per heavy atom. The van der Waals surface area contributed by atoms with E-state index in [9.17, 15) is 0 Å². The lowest BCUT2D eigenvalue weighted by atomic mass is 9.98. The maximum absolute atomic E-state index is 6.62. The van der Waals surface area contributed by atoms with Crippen LogP contribution in [0.3, 0.4) is 0 Å². The second-order valence-electron chi connectivity index (χ2n) is 10.4. The number of hydrogen-bond donors (Lipinski definition) is 0. The van der Waals surface area contributed by atoms with Crippen LogP contribution in [0.25, 0.3) is 89.1 Å². The molecule has 0 unspecified atom stereocenters. The van der Waals surface area contributed by atoms with Crippen molar-refractivity contribution in [3.8, 4) is 56.4 Å². The monoisotopic (exact) mass is 523 g/mol. The van der Waals surface area contributed by atoms with Crippen LogP contribution < -0.4 is 0 Å². The Balaban J connectivity index is 1.36. The van der Waals surface area contributed by atoms with Gasteiger partial charge in [-0.15, -0.1) is 0 Å². The summed E-state index contributed by atoms with van der Waals surface area (Å²) in [5, 5.41) is 4.45. The fourth-order valence-electron chi connectivity index (χ4n) is 6.26. The van der Waals surface area contributed by atoms with Crippen molar-refractivity contribution in [2.75, 3.05) is 0 Å². The minimum Gasteiger partial charge on any atom is -0.455 e. The average Bonchev–Trinajstić information content (AvgIpc) is 3.59. The van der Waals surface area contributed by atoms with Gasteiger partial charge in [0.1, 0.15) is 11.2 Å². The van der Waals surface area contributed by atoms with Crippen LogP contribution in [0, 0.1) is 0 Å². The summed E-state index contributed by atoms with van der Waals surface area (Å²) in [5.74, 6) is 1.90. The summed E-state index contributed by atoms with van der Waals surface area (Å²) in [6.07, 6.45) is 0. The molecule has 0 N–H and O–H groups in total. The second kappa shape index (κ2) is 8.44. The van der Waals surface area contributed by atoms with Crippen molar-refractivity contribution < 1.29 is 4.42 Å². The minimum absolute atomic E-state index is 0.622. The third-order valence-corrected chi connectivity index (χ3v) is 8.07. The van der Waals surface area contributed by atoms with E-state index < -0.39 is 0 Å². The number of fused-ring (bicyclic) bond motifs is 7. The summed E-state index contributed by atoms with van der Waals surface area (Å²) in [5.41, 5.74) is 9.54. The van der Waals surface area contributed by atoms with Crippen LogP contribution in [0.1, 0.15) is 0 Å². The molecule has 0 saturated carbocycles. The largest absolute Gasteiger partial charge is 0.455 e. The van der Waals surface area contributed by atoms with E-state index >= 15 is 0 Å². The fourth-order valence-corrected chi connectivity index (χ4v) is 6.26. The predicted octanol–water partition coefficient (Wildman–Crippen LogP) is 9.57. The van der Waals surface area contributed by atoms with Crippen LogP contribution in [0.15, 0.2) is 132 Å². The van der Waals surface area contributed by atoms with Crippen LogP contribution in [0.4, 0.5) is 0 Å². The lowest BCUT2D eigenvalue weighted by molar-refractivity contribution is 0.673. The number of nitrogens with zero attached hydrogens (tertiary/aromatic N) is 3. The summed E-state index contributed by atoms with van der Waals surface area (Å²) in [4.78, 5) is 14.9. The third-order valence-electron chi connectivity index (χ3n) is 8.07. The highest BCUT2D eigenvalue weighted by molar-refractivity contribution is 6.27. The van der Waals surface area contributed by atoms with Gasteiger partial charge in [0.2, 0.25) is 0 Å². The van der Waals surface area contributed by atoms with Crippen LogP contribution in [0.5, 0.6) is 0 Å². The van der Waals surface area contributed by atoms with E-state index in [1.807, 2.05) is 72.8 Å². The van der Waals surface area contributed by atoms with E-state index in [0.717, 1.165) is 44.0 Å². The van der Waals surface area contributed by atoms with Crippen LogP contribution in [-0.4, -0.2) is 15.0 Å². The summed E-state index contributed by atoms with van der Waals surface area (Å²) in [7, 11) is 0. The molecule has 0 radical (unpaired) electrons. The zero-order valence-corrected chi connectivity index (χ0v) is 21.9. The summed E-state index contributed by atoms with van der Waals surface area (Å²) >= 11 is 0. The molecule has 2 aromatic heterocycles. The maximum Gasteiger partial charge on any atom is 0.164 e. The van der Waals surface area contributed by atoms with Gasteiger partial charge in [-0.3, -0.25) is 0 Å². The lowest BCUT2D eigenvalue weighted by Gasteiger charge is -2.09. The van der Waals surface area contributed by atoms with Crippen molar-refractivity contribution in [2.24, 2.45) is 0 Å². The van der Waals surface area contributed by atoms with Gasteiger partial charge in [0.15, 0.2) is 17.5 Å². The molecule has 9 rings (SSSR count). The molecular weight excluding hydrogens is 502 g/mol. The zero-order valence-electron chi connectivity index (χ0n) is 21.9.